The number of rotatable bonds is 6. The molecule has 27 heavy (non-hydrogen) atoms. The van der Waals surface area contributed by atoms with Crippen LogP contribution in [-0.2, 0) is 13.0 Å². The summed E-state index contributed by atoms with van der Waals surface area (Å²) in [5.41, 5.74) is 9.81. The number of hydrogen-bond acceptors (Lipinski definition) is 7. The summed E-state index contributed by atoms with van der Waals surface area (Å²) in [6.45, 7) is 11.0. The molecule has 0 unspecified atom stereocenters. The number of pyridine rings is 1. The number of amidine groups is 1. The molecule has 0 radical (unpaired) electrons. The molecule has 7 nitrogen and oxygen atoms in total. The van der Waals surface area contributed by atoms with Crippen molar-refractivity contribution < 1.29 is 0 Å². The van der Waals surface area contributed by atoms with Crippen molar-refractivity contribution in [1.29, 1.82) is 10.9 Å². The second kappa shape index (κ2) is 8.67. The lowest BCUT2D eigenvalue weighted by molar-refractivity contribution is 0.249. The zero-order valence-electron chi connectivity index (χ0n) is 16.2. The molecule has 0 aliphatic carbocycles. The topological polar surface area (TPSA) is 92.3 Å². The van der Waals surface area contributed by atoms with Gasteiger partial charge in [0, 0.05) is 43.4 Å². The Morgan fingerprint density at radius 3 is 2.56 bits per heavy atom. The molecule has 0 saturated carbocycles. The van der Waals surface area contributed by atoms with E-state index in [4.69, 9.17) is 10.9 Å². The molecular formula is C19H27N7S. The first-order valence-electron chi connectivity index (χ1n) is 9.30. The van der Waals surface area contributed by atoms with E-state index < -0.39 is 0 Å². The Morgan fingerprint density at radius 2 is 1.96 bits per heavy atom. The third-order valence-electron chi connectivity index (χ3n) is 4.65. The van der Waals surface area contributed by atoms with Crippen molar-refractivity contribution in [3.05, 3.63) is 39.6 Å². The van der Waals surface area contributed by atoms with Gasteiger partial charge < -0.3 is 4.90 Å². The van der Waals surface area contributed by atoms with E-state index >= 15 is 0 Å². The van der Waals surface area contributed by atoms with E-state index in [1.807, 2.05) is 12.4 Å². The van der Waals surface area contributed by atoms with Crippen LogP contribution in [0, 0.1) is 23.8 Å². The maximum Gasteiger partial charge on any atom is 0.194 e. The molecule has 144 valence electrons. The van der Waals surface area contributed by atoms with Crippen molar-refractivity contribution in [2.75, 3.05) is 31.1 Å². The van der Waals surface area contributed by atoms with E-state index in [0.717, 1.165) is 49.8 Å². The summed E-state index contributed by atoms with van der Waals surface area (Å²) >= 11 is 1.76. The van der Waals surface area contributed by atoms with Crippen LogP contribution in [0.4, 0.5) is 5.69 Å². The zero-order valence-corrected chi connectivity index (χ0v) is 17.0. The monoisotopic (exact) mass is 385 g/mol. The summed E-state index contributed by atoms with van der Waals surface area (Å²) in [6.07, 6.45) is 4.71. The molecule has 1 aliphatic rings. The standard InChI is InChI=1S/C19H27N7S/c1-13(2)8-15-9-16(18(23-11-15)19(20)24-21)26-6-4-25(5-7-26)12-17-22-10-14(3)27-17/h9-11,13,20-21H,4-8,12H2,1-3H3. The minimum atomic E-state index is -0.0817. The Kier molecular flexibility index (Phi) is 6.28. The molecule has 2 N–H and O–H groups in total. The van der Waals surface area contributed by atoms with Gasteiger partial charge in [-0.1, -0.05) is 13.8 Å². The van der Waals surface area contributed by atoms with E-state index in [2.05, 4.69) is 51.7 Å². The second-order valence-electron chi connectivity index (χ2n) is 7.40. The number of aryl methyl sites for hydroxylation is 1. The largest absolute Gasteiger partial charge is 0.367 e. The first kappa shape index (κ1) is 19.6. The van der Waals surface area contributed by atoms with Crippen LogP contribution < -0.4 is 4.90 Å². The number of piperazine rings is 1. The van der Waals surface area contributed by atoms with E-state index in [-0.39, 0.29) is 5.84 Å². The third-order valence-corrected chi connectivity index (χ3v) is 5.54. The quantitative estimate of drug-likeness (QED) is 0.450. The number of anilines is 1. The van der Waals surface area contributed by atoms with Crippen molar-refractivity contribution in [1.82, 2.24) is 14.9 Å². The summed E-state index contributed by atoms with van der Waals surface area (Å²) in [4.78, 5) is 14.9. The van der Waals surface area contributed by atoms with Crippen LogP contribution in [0.25, 0.3) is 0 Å². The Hall–Kier alpha value is -2.19. The van der Waals surface area contributed by atoms with Gasteiger partial charge in [0.05, 0.1) is 12.2 Å². The lowest BCUT2D eigenvalue weighted by Gasteiger charge is -2.36. The van der Waals surface area contributed by atoms with Crippen LogP contribution in [0.5, 0.6) is 0 Å². The van der Waals surface area contributed by atoms with Gasteiger partial charge >= 0.3 is 0 Å². The van der Waals surface area contributed by atoms with Gasteiger partial charge in [-0.15, -0.1) is 16.5 Å². The molecule has 2 aromatic heterocycles. The molecule has 3 rings (SSSR count). The molecule has 3 heterocycles. The zero-order chi connectivity index (χ0) is 19.4. The highest BCUT2D eigenvalue weighted by Crippen LogP contribution is 2.25. The summed E-state index contributed by atoms with van der Waals surface area (Å²) in [7, 11) is 0. The lowest BCUT2D eigenvalue weighted by atomic mass is 10.0. The summed E-state index contributed by atoms with van der Waals surface area (Å²) < 4.78 is 0. The molecule has 1 aliphatic heterocycles. The highest BCUT2D eigenvalue weighted by atomic mass is 32.1. The van der Waals surface area contributed by atoms with E-state index in [0.29, 0.717) is 11.6 Å². The fourth-order valence-electron chi connectivity index (χ4n) is 3.37. The molecule has 1 saturated heterocycles. The number of nitrogens with one attached hydrogen (secondary N) is 2. The molecule has 0 amide bonds. The van der Waals surface area contributed by atoms with Crippen molar-refractivity contribution in [3.8, 4) is 0 Å². The Bertz CT molecular complexity index is 806. The molecule has 0 spiro atoms. The predicted octanol–water partition coefficient (Wildman–Crippen LogP) is 3.72. The summed E-state index contributed by atoms with van der Waals surface area (Å²) in [5, 5.41) is 12.4. The van der Waals surface area contributed by atoms with Crippen molar-refractivity contribution in [2.24, 2.45) is 11.0 Å². The Labute approximate surface area is 164 Å². The van der Waals surface area contributed by atoms with Crippen molar-refractivity contribution in [3.63, 3.8) is 0 Å². The summed E-state index contributed by atoms with van der Waals surface area (Å²) in [5.74, 6) is 0.464. The van der Waals surface area contributed by atoms with Crippen LogP contribution in [0.1, 0.15) is 35.0 Å². The molecule has 1 fully saturated rings. The molecule has 0 bridgehead atoms. The Balaban J connectivity index is 1.73. The van der Waals surface area contributed by atoms with E-state index in [1.54, 1.807) is 11.3 Å². The van der Waals surface area contributed by atoms with Crippen LogP contribution in [0.3, 0.4) is 0 Å². The molecule has 2 aromatic rings. The van der Waals surface area contributed by atoms with Gasteiger partial charge in [-0.3, -0.25) is 15.3 Å². The molecule has 8 heteroatoms. The SMILES string of the molecule is Cc1cnc(CN2CCN(c3cc(CC(C)C)cnc3C(=N)N=N)CC2)s1. The first-order valence-corrected chi connectivity index (χ1v) is 10.1. The minimum Gasteiger partial charge on any atom is -0.367 e. The number of nitrogens with zero attached hydrogens (tertiary/aromatic N) is 5. The average Bonchev–Trinajstić information content (AvgIpc) is 3.06. The van der Waals surface area contributed by atoms with Crippen LogP contribution >= 0.6 is 11.3 Å². The lowest BCUT2D eigenvalue weighted by Crippen LogP contribution is -2.46. The van der Waals surface area contributed by atoms with Gasteiger partial charge in [0.15, 0.2) is 5.84 Å². The van der Waals surface area contributed by atoms with E-state index in [9.17, 15) is 0 Å². The predicted molar refractivity (Wildman–Crippen MR) is 109 cm³/mol. The second-order valence-corrected chi connectivity index (χ2v) is 8.72. The number of hydrogen-bond donors (Lipinski definition) is 2. The fraction of sp³-hybridized carbons (Fsp3) is 0.526. The maximum absolute atomic E-state index is 7.98. The number of aromatic nitrogens is 2. The molecular weight excluding hydrogens is 358 g/mol. The van der Waals surface area contributed by atoms with Crippen LogP contribution in [0.2, 0.25) is 0 Å². The average molecular weight is 386 g/mol. The van der Waals surface area contributed by atoms with Crippen molar-refractivity contribution >= 4 is 22.9 Å². The van der Waals surface area contributed by atoms with Gasteiger partial charge in [-0.25, -0.2) is 10.5 Å². The van der Waals surface area contributed by atoms with Gasteiger partial charge in [-0.05, 0) is 30.9 Å². The first-order chi connectivity index (χ1) is 13.0. The highest BCUT2D eigenvalue weighted by Gasteiger charge is 2.22. The van der Waals surface area contributed by atoms with Crippen molar-refractivity contribution in [2.45, 2.75) is 33.7 Å². The minimum absolute atomic E-state index is 0.0817. The maximum atomic E-state index is 7.98. The fourth-order valence-corrected chi connectivity index (χ4v) is 4.20. The smallest absolute Gasteiger partial charge is 0.194 e. The van der Waals surface area contributed by atoms with Crippen LogP contribution in [-0.4, -0.2) is 46.9 Å². The number of thiazole rings is 1. The Morgan fingerprint density at radius 1 is 1.22 bits per heavy atom. The highest BCUT2D eigenvalue weighted by molar-refractivity contribution is 7.11. The third kappa shape index (κ3) is 4.95. The van der Waals surface area contributed by atoms with Gasteiger partial charge in [0.25, 0.3) is 0 Å². The van der Waals surface area contributed by atoms with Gasteiger partial charge in [-0.2, -0.15) is 0 Å². The normalized spacial score (nSPS) is 15.3. The molecule has 0 aromatic carbocycles. The van der Waals surface area contributed by atoms with Gasteiger partial charge in [0.2, 0.25) is 0 Å². The summed E-state index contributed by atoms with van der Waals surface area (Å²) in [6, 6.07) is 2.13. The van der Waals surface area contributed by atoms with Crippen LogP contribution in [0.15, 0.2) is 23.6 Å². The van der Waals surface area contributed by atoms with E-state index in [1.165, 1.54) is 10.4 Å². The molecule has 0 atom stereocenters. The van der Waals surface area contributed by atoms with Gasteiger partial charge in [0.1, 0.15) is 10.7 Å².